The van der Waals surface area contributed by atoms with Crippen LogP contribution in [0, 0.1) is 0 Å². The van der Waals surface area contributed by atoms with Gasteiger partial charge in [0.1, 0.15) is 18.1 Å². The number of aromatic nitrogens is 3. The van der Waals surface area contributed by atoms with Crippen LogP contribution in [-0.4, -0.2) is 33.0 Å². The molecule has 3 aromatic rings. The number of ether oxygens (including phenoxy) is 2. The van der Waals surface area contributed by atoms with Crippen LogP contribution in [0.25, 0.3) is 0 Å². The van der Waals surface area contributed by atoms with E-state index in [-0.39, 0.29) is 11.7 Å². The number of nitrogens with zero attached hydrogens (tertiary/aromatic N) is 3. The van der Waals surface area contributed by atoms with Gasteiger partial charge < -0.3 is 19.4 Å². The smallest absolute Gasteiger partial charge is 0.234 e. The van der Waals surface area contributed by atoms with Gasteiger partial charge in [-0.05, 0) is 50.1 Å². The maximum Gasteiger partial charge on any atom is 0.234 e. The molecule has 0 atom stereocenters. The third kappa shape index (κ3) is 6.24. The highest BCUT2D eigenvalue weighted by Crippen LogP contribution is 2.25. The highest BCUT2D eigenvalue weighted by Gasteiger charge is 2.14. The number of amides is 1. The number of benzene rings is 2. The van der Waals surface area contributed by atoms with Crippen LogP contribution >= 0.6 is 11.8 Å². The first-order valence-corrected chi connectivity index (χ1v) is 11.4. The number of anilines is 1. The molecule has 7 nitrogen and oxygen atoms in total. The summed E-state index contributed by atoms with van der Waals surface area (Å²) in [6.07, 6.45) is 0.996. The highest BCUT2D eigenvalue weighted by molar-refractivity contribution is 7.99. The zero-order valence-corrected chi connectivity index (χ0v) is 18.9. The van der Waals surface area contributed by atoms with Crippen LogP contribution in [-0.2, 0) is 24.4 Å². The SMILES string of the molecule is CCOc1ccccc1NC(=O)CSc1nnc(COc2ccc(CC)cc2)n1CC. The molecule has 0 saturated heterocycles. The number of nitrogens with one attached hydrogen (secondary N) is 1. The Morgan fingerprint density at radius 1 is 1.03 bits per heavy atom. The molecule has 0 spiro atoms. The number of carbonyl (C=O) groups is 1. The Morgan fingerprint density at radius 3 is 2.52 bits per heavy atom. The first kappa shape index (κ1) is 22.7. The minimum atomic E-state index is -0.128. The molecular weight excluding hydrogens is 412 g/mol. The number of thioether (sulfide) groups is 1. The summed E-state index contributed by atoms with van der Waals surface area (Å²) in [6.45, 7) is 7.60. The maximum absolute atomic E-state index is 12.4. The second-order valence-electron chi connectivity index (χ2n) is 6.70. The van der Waals surface area contributed by atoms with Gasteiger partial charge in [0.15, 0.2) is 11.0 Å². The van der Waals surface area contributed by atoms with E-state index < -0.39 is 0 Å². The van der Waals surface area contributed by atoms with Crippen molar-refractivity contribution in [1.82, 2.24) is 14.8 Å². The topological polar surface area (TPSA) is 78.3 Å². The van der Waals surface area contributed by atoms with Crippen LogP contribution in [0.2, 0.25) is 0 Å². The second-order valence-corrected chi connectivity index (χ2v) is 7.64. The largest absolute Gasteiger partial charge is 0.492 e. The lowest BCUT2D eigenvalue weighted by atomic mass is 10.2. The van der Waals surface area contributed by atoms with Crippen molar-refractivity contribution in [3.63, 3.8) is 0 Å². The Hall–Kier alpha value is -3.00. The van der Waals surface area contributed by atoms with Crippen LogP contribution in [0.4, 0.5) is 5.69 Å². The first-order valence-electron chi connectivity index (χ1n) is 10.4. The fraction of sp³-hybridized carbons (Fsp3) is 0.348. The molecule has 8 heteroatoms. The van der Waals surface area contributed by atoms with Gasteiger partial charge in [-0.2, -0.15) is 0 Å². The molecule has 0 aliphatic heterocycles. The molecule has 0 saturated carbocycles. The van der Waals surface area contributed by atoms with Gasteiger partial charge in [-0.15, -0.1) is 10.2 Å². The van der Waals surface area contributed by atoms with E-state index in [0.717, 1.165) is 18.0 Å². The third-order valence-corrected chi connectivity index (χ3v) is 5.57. The molecule has 0 fully saturated rings. The molecule has 1 heterocycles. The van der Waals surface area contributed by atoms with E-state index in [1.54, 1.807) is 0 Å². The van der Waals surface area contributed by atoms with Gasteiger partial charge in [0.2, 0.25) is 5.91 Å². The molecule has 1 aromatic heterocycles. The highest BCUT2D eigenvalue weighted by atomic mass is 32.2. The van der Waals surface area contributed by atoms with Crippen molar-refractivity contribution in [2.24, 2.45) is 0 Å². The van der Waals surface area contributed by atoms with Crippen LogP contribution < -0.4 is 14.8 Å². The molecule has 0 bridgehead atoms. The van der Waals surface area contributed by atoms with Gasteiger partial charge >= 0.3 is 0 Å². The summed E-state index contributed by atoms with van der Waals surface area (Å²) in [5.41, 5.74) is 1.93. The lowest BCUT2D eigenvalue weighted by Gasteiger charge is -2.11. The Bertz CT molecular complexity index is 989. The molecule has 2 aromatic carbocycles. The molecule has 0 radical (unpaired) electrons. The van der Waals surface area contributed by atoms with Crippen molar-refractivity contribution in [2.45, 2.75) is 45.5 Å². The third-order valence-electron chi connectivity index (χ3n) is 4.60. The normalized spacial score (nSPS) is 10.7. The predicted molar refractivity (Wildman–Crippen MR) is 123 cm³/mol. The van der Waals surface area contributed by atoms with Crippen molar-refractivity contribution < 1.29 is 14.3 Å². The Balaban J connectivity index is 1.57. The quantitative estimate of drug-likeness (QED) is 0.440. The molecule has 164 valence electrons. The van der Waals surface area contributed by atoms with Crippen molar-refractivity contribution in [3.05, 3.63) is 59.9 Å². The number of hydrogen-bond acceptors (Lipinski definition) is 6. The number of aryl methyl sites for hydroxylation is 1. The van der Waals surface area contributed by atoms with Crippen molar-refractivity contribution in [2.75, 3.05) is 17.7 Å². The summed E-state index contributed by atoms with van der Waals surface area (Å²) >= 11 is 1.35. The summed E-state index contributed by atoms with van der Waals surface area (Å²) in [5, 5.41) is 12.1. The zero-order valence-electron chi connectivity index (χ0n) is 18.1. The van der Waals surface area contributed by atoms with E-state index in [1.165, 1.54) is 17.3 Å². The van der Waals surface area contributed by atoms with Crippen molar-refractivity contribution in [1.29, 1.82) is 0 Å². The fourth-order valence-corrected chi connectivity index (χ4v) is 3.81. The lowest BCUT2D eigenvalue weighted by molar-refractivity contribution is -0.113. The van der Waals surface area contributed by atoms with Crippen molar-refractivity contribution >= 4 is 23.4 Å². The molecule has 0 aliphatic rings. The van der Waals surface area contributed by atoms with Gasteiger partial charge in [0.25, 0.3) is 0 Å². The summed E-state index contributed by atoms with van der Waals surface area (Å²) in [5.74, 6) is 2.27. The molecule has 31 heavy (non-hydrogen) atoms. The number of rotatable bonds is 11. The monoisotopic (exact) mass is 440 g/mol. The van der Waals surface area contributed by atoms with Crippen LogP contribution in [0.1, 0.15) is 32.2 Å². The van der Waals surface area contributed by atoms with Crippen LogP contribution in [0.5, 0.6) is 11.5 Å². The number of para-hydroxylation sites is 2. The fourth-order valence-electron chi connectivity index (χ4n) is 2.99. The number of carbonyl (C=O) groups excluding carboxylic acids is 1. The van der Waals surface area contributed by atoms with E-state index in [4.69, 9.17) is 9.47 Å². The first-order chi connectivity index (χ1) is 15.1. The summed E-state index contributed by atoms with van der Waals surface area (Å²) < 4.78 is 13.4. The minimum Gasteiger partial charge on any atom is -0.492 e. The van der Waals surface area contributed by atoms with Crippen molar-refractivity contribution in [3.8, 4) is 11.5 Å². The minimum absolute atomic E-state index is 0.128. The van der Waals surface area contributed by atoms with Gasteiger partial charge in [-0.25, -0.2) is 0 Å². The molecular formula is C23H28N4O3S. The Morgan fingerprint density at radius 2 is 1.81 bits per heavy atom. The van der Waals surface area contributed by atoms with E-state index in [1.807, 2.05) is 54.8 Å². The predicted octanol–water partition coefficient (Wildman–Crippen LogP) is 4.57. The van der Waals surface area contributed by atoms with Gasteiger partial charge in [0.05, 0.1) is 18.0 Å². The molecule has 3 rings (SSSR count). The van der Waals surface area contributed by atoms with Gasteiger partial charge in [0, 0.05) is 6.54 Å². The molecule has 1 N–H and O–H groups in total. The maximum atomic E-state index is 12.4. The average Bonchev–Trinajstić information content (AvgIpc) is 3.20. The molecule has 0 aliphatic carbocycles. The van der Waals surface area contributed by atoms with E-state index in [2.05, 4.69) is 34.6 Å². The van der Waals surface area contributed by atoms with E-state index in [0.29, 0.717) is 36.4 Å². The zero-order chi connectivity index (χ0) is 22.1. The molecule has 1 amide bonds. The molecule has 0 unspecified atom stereocenters. The summed E-state index contributed by atoms with van der Waals surface area (Å²) in [6, 6.07) is 15.4. The van der Waals surface area contributed by atoms with E-state index >= 15 is 0 Å². The summed E-state index contributed by atoms with van der Waals surface area (Å²) in [7, 11) is 0. The van der Waals surface area contributed by atoms with Gasteiger partial charge in [-0.3, -0.25) is 4.79 Å². The van der Waals surface area contributed by atoms with E-state index in [9.17, 15) is 4.79 Å². The van der Waals surface area contributed by atoms with Gasteiger partial charge in [-0.1, -0.05) is 43.0 Å². The number of hydrogen-bond donors (Lipinski definition) is 1. The standard InChI is InChI=1S/C23H28N4O3S/c1-4-17-11-13-18(14-12-17)30-15-21-25-26-23(27(21)5-2)31-16-22(28)24-19-9-7-8-10-20(19)29-6-3/h7-14H,4-6,15-16H2,1-3H3,(H,24,28). The van der Waals surface area contributed by atoms with Crippen LogP contribution in [0.15, 0.2) is 53.7 Å². The summed E-state index contributed by atoms with van der Waals surface area (Å²) in [4.78, 5) is 12.4. The van der Waals surface area contributed by atoms with Crippen LogP contribution in [0.3, 0.4) is 0 Å². The lowest BCUT2D eigenvalue weighted by Crippen LogP contribution is -2.15. The second kappa shape index (κ2) is 11.4. The Labute approximate surface area is 187 Å². The average molecular weight is 441 g/mol. The Kier molecular flexibility index (Phi) is 8.35.